The number of hydrogen-bond donors (Lipinski definition) is 1. The highest BCUT2D eigenvalue weighted by Gasteiger charge is 2.28. The number of carbonyl (C=O) groups excluding carboxylic acids is 1. The first-order chi connectivity index (χ1) is 13.6. The van der Waals surface area contributed by atoms with E-state index in [0.29, 0.717) is 5.41 Å². The fourth-order valence-corrected chi connectivity index (χ4v) is 4.72. The molecule has 0 aliphatic carbocycles. The topological polar surface area (TPSA) is 32.3 Å². The van der Waals surface area contributed by atoms with E-state index in [2.05, 4.69) is 69.1 Å². The zero-order valence-electron chi connectivity index (χ0n) is 18.7. The molecule has 1 fully saturated rings. The molecule has 0 aromatic heterocycles. The lowest BCUT2D eigenvalue weighted by molar-refractivity contribution is -0.120. The van der Waals surface area contributed by atoms with Crippen molar-refractivity contribution in [1.29, 1.82) is 0 Å². The molecule has 2 aromatic rings. The Bertz CT molecular complexity index is 795. The molecule has 0 bridgehead atoms. The van der Waals surface area contributed by atoms with E-state index in [1.165, 1.54) is 11.3 Å². The van der Waals surface area contributed by atoms with Crippen LogP contribution in [0.4, 0.5) is 11.4 Å². The summed E-state index contributed by atoms with van der Waals surface area (Å²) in [7, 11) is 0. The summed E-state index contributed by atoms with van der Waals surface area (Å²) < 4.78 is 0. The number of benzene rings is 2. The van der Waals surface area contributed by atoms with Gasteiger partial charge >= 0.3 is 0 Å². The Morgan fingerprint density at radius 3 is 2.07 bits per heavy atom. The van der Waals surface area contributed by atoms with Crippen LogP contribution in [0.25, 0.3) is 0 Å². The van der Waals surface area contributed by atoms with E-state index in [1.807, 2.05) is 30.3 Å². The fraction of sp³-hybridized carbons (Fsp3) is 0.500. The first-order valence-electron chi connectivity index (χ1n) is 10.9. The Labute approximate surface area is 176 Å². The molecule has 156 valence electrons. The molecule has 1 heterocycles. The SMILES string of the molecule is CC(C)(C)CC(C)(C)c1ccc(N2CCC(C(=O)Nc3ccccc3)CC2)cc1. The minimum absolute atomic E-state index is 0.0939. The van der Waals surface area contributed by atoms with E-state index in [9.17, 15) is 4.79 Å². The highest BCUT2D eigenvalue weighted by molar-refractivity contribution is 5.92. The minimum atomic E-state index is 0.0939. The lowest BCUT2D eigenvalue weighted by atomic mass is 9.72. The molecule has 1 aliphatic heterocycles. The molecule has 1 aliphatic rings. The summed E-state index contributed by atoms with van der Waals surface area (Å²) in [6.07, 6.45) is 2.95. The lowest BCUT2D eigenvalue weighted by Gasteiger charge is -2.35. The van der Waals surface area contributed by atoms with Gasteiger partial charge in [-0.1, -0.05) is 65.0 Å². The summed E-state index contributed by atoms with van der Waals surface area (Å²) in [4.78, 5) is 15.0. The highest BCUT2D eigenvalue weighted by atomic mass is 16.1. The van der Waals surface area contributed by atoms with Gasteiger partial charge in [0.05, 0.1) is 0 Å². The molecule has 1 amide bonds. The van der Waals surface area contributed by atoms with Crippen molar-refractivity contribution in [3.8, 4) is 0 Å². The number of nitrogens with zero attached hydrogens (tertiary/aromatic N) is 1. The average Bonchev–Trinajstić information content (AvgIpc) is 2.67. The minimum Gasteiger partial charge on any atom is -0.371 e. The molecule has 0 spiro atoms. The molecule has 0 radical (unpaired) electrons. The van der Waals surface area contributed by atoms with Crippen LogP contribution in [0.1, 0.15) is 59.4 Å². The Kier molecular flexibility index (Phi) is 6.36. The summed E-state index contributed by atoms with van der Waals surface area (Å²) in [5, 5.41) is 3.05. The summed E-state index contributed by atoms with van der Waals surface area (Å²) in [6.45, 7) is 13.5. The van der Waals surface area contributed by atoms with Crippen LogP contribution in [0.2, 0.25) is 0 Å². The van der Waals surface area contributed by atoms with Gasteiger partial charge in [-0.05, 0) is 59.9 Å². The van der Waals surface area contributed by atoms with Gasteiger partial charge in [0, 0.05) is 30.4 Å². The van der Waals surface area contributed by atoms with Gasteiger partial charge in [-0.2, -0.15) is 0 Å². The second-order valence-corrected chi connectivity index (χ2v) is 10.3. The Morgan fingerprint density at radius 2 is 1.52 bits per heavy atom. The predicted molar refractivity (Wildman–Crippen MR) is 124 cm³/mol. The molecule has 3 rings (SSSR count). The largest absolute Gasteiger partial charge is 0.371 e. The molecule has 29 heavy (non-hydrogen) atoms. The third-order valence-electron chi connectivity index (χ3n) is 5.89. The van der Waals surface area contributed by atoms with Crippen molar-refractivity contribution in [2.24, 2.45) is 11.3 Å². The van der Waals surface area contributed by atoms with Gasteiger partial charge in [0.15, 0.2) is 0 Å². The summed E-state index contributed by atoms with van der Waals surface area (Å²) in [5.41, 5.74) is 4.02. The summed E-state index contributed by atoms with van der Waals surface area (Å²) in [5.74, 6) is 0.242. The standard InChI is InChI=1S/C26H36N2O/c1-25(2,3)19-26(4,5)21-11-13-23(14-12-21)28-17-15-20(16-18-28)24(29)27-22-9-7-6-8-10-22/h6-14,20H,15-19H2,1-5H3,(H,27,29). The van der Waals surface area contributed by atoms with Gasteiger partial charge < -0.3 is 10.2 Å². The molecule has 2 aromatic carbocycles. The van der Waals surface area contributed by atoms with Crippen LogP contribution in [0.3, 0.4) is 0 Å². The monoisotopic (exact) mass is 392 g/mol. The molecule has 0 saturated carbocycles. The first-order valence-corrected chi connectivity index (χ1v) is 10.9. The number of anilines is 2. The van der Waals surface area contributed by atoms with Crippen molar-refractivity contribution in [2.75, 3.05) is 23.3 Å². The molecule has 3 nitrogen and oxygen atoms in total. The molecular formula is C26H36N2O. The normalized spacial score (nSPS) is 16.0. The van der Waals surface area contributed by atoms with Crippen LogP contribution in [0.5, 0.6) is 0 Å². The van der Waals surface area contributed by atoms with Gasteiger partial charge in [0.1, 0.15) is 0 Å². The number of para-hydroxylation sites is 1. The van der Waals surface area contributed by atoms with E-state index in [4.69, 9.17) is 0 Å². The second-order valence-electron chi connectivity index (χ2n) is 10.3. The van der Waals surface area contributed by atoms with Crippen LogP contribution >= 0.6 is 0 Å². The Hall–Kier alpha value is -2.29. The maximum absolute atomic E-state index is 12.6. The zero-order chi connectivity index (χ0) is 21.1. The van der Waals surface area contributed by atoms with Crippen molar-refractivity contribution in [3.05, 3.63) is 60.2 Å². The molecule has 0 atom stereocenters. The number of rotatable bonds is 5. The average molecular weight is 393 g/mol. The first kappa shape index (κ1) is 21.4. The number of carbonyl (C=O) groups is 1. The van der Waals surface area contributed by atoms with Crippen molar-refractivity contribution < 1.29 is 4.79 Å². The second kappa shape index (κ2) is 8.61. The van der Waals surface area contributed by atoms with Crippen LogP contribution < -0.4 is 10.2 Å². The van der Waals surface area contributed by atoms with Crippen molar-refractivity contribution in [2.45, 2.75) is 59.3 Å². The fourth-order valence-electron chi connectivity index (χ4n) is 4.72. The van der Waals surface area contributed by atoms with Gasteiger partial charge in [-0.25, -0.2) is 0 Å². The number of amides is 1. The number of hydrogen-bond acceptors (Lipinski definition) is 2. The third-order valence-corrected chi connectivity index (χ3v) is 5.89. The van der Waals surface area contributed by atoms with Gasteiger partial charge in [0.25, 0.3) is 0 Å². The highest BCUT2D eigenvalue weighted by Crippen LogP contribution is 2.37. The maximum atomic E-state index is 12.6. The van der Waals surface area contributed by atoms with Crippen LogP contribution in [0.15, 0.2) is 54.6 Å². The Morgan fingerprint density at radius 1 is 0.931 bits per heavy atom. The van der Waals surface area contributed by atoms with E-state index >= 15 is 0 Å². The molecule has 0 unspecified atom stereocenters. The van der Waals surface area contributed by atoms with E-state index < -0.39 is 0 Å². The lowest BCUT2D eigenvalue weighted by Crippen LogP contribution is -2.38. The molecule has 1 saturated heterocycles. The summed E-state index contributed by atoms with van der Waals surface area (Å²) in [6, 6.07) is 18.8. The smallest absolute Gasteiger partial charge is 0.227 e. The predicted octanol–water partition coefficient (Wildman–Crippen LogP) is 6.26. The van der Waals surface area contributed by atoms with Crippen LogP contribution in [-0.2, 0) is 10.2 Å². The van der Waals surface area contributed by atoms with E-state index in [1.54, 1.807) is 0 Å². The van der Waals surface area contributed by atoms with Crippen molar-refractivity contribution >= 4 is 17.3 Å². The van der Waals surface area contributed by atoms with Gasteiger partial charge in [-0.3, -0.25) is 4.79 Å². The quantitative estimate of drug-likeness (QED) is 0.652. The summed E-state index contributed by atoms with van der Waals surface area (Å²) >= 11 is 0. The van der Waals surface area contributed by atoms with Crippen LogP contribution in [-0.4, -0.2) is 19.0 Å². The third kappa shape index (κ3) is 5.85. The van der Waals surface area contributed by atoms with E-state index in [-0.39, 0.29) is 17.2 Å². The Balaban J connectivity index is 1.56. The molecule has 3 heteroatoms. The number of piperidine rings is 1. The maximum Gasteiger partial charge on any atom is 0.227 e. The van der Waals surface area contributed by atoms with Crippen LogP contribution in [0, 0.1) is 11.3 Å². The van der Waals surface area contributed by atoms with Gasteiger partial charge in [0.2, 0.25) is 5.91 Å². The van der Waals surface area contributed by atoms with Crippen molar-refractivity contribution in [3.63, 3.8) is 0 Å². The molecule has 1 N–H and O–H groups in total. The molecular weight excluding hydrogens is 356 g/mol. The van der Waals surface area contributed by atoms with E-state index in [0.717, 1.165) is 38.0 Å². The van der Waals surface area contributed by atoms with Crippen molar-refractivity contribution in [1.82, 2.24) is 0 Å². The zero-order valence-corrected chi connectivity index (χ0v) is 18.7. The number of nitrogens with one attached hydrogen (secondary N) is 1. The van der Waals surface area contributed by atoms with Gasteiger partial charge in [-0.15, -0.1) is 0 Å².